The molecule has 3 aliphatic rings. The Hall–Kier alpha value is -0.820. The lowest BCUT2D eigenvalue weighted by Gasteiger charge is -2.45. The molecule has 0 amide bonds. The lowest BCUT2D eigenvalue weighted by atomic mass is 9.62. The maximum Gasteiger partial charge on any atom is 0.0578 e. The summed E-state index contributed by atoms with van der Waals surface area (Å²) in [5.74, 6) is 3.90. The molecule has 1 nitrogen and oxygen atoms in total. The van der Waals surface area contributed by atoms with E-state index in [0.717, 1.165) is 36.7 Å². The Morgan fingerprint density at radius 1 is 0.815 bits per heavy atom. The van der Waals surface area contributed by atoms with E-state index in [1.807, 2.05) is 0 Å². The first-order valence-corrected chi connectivity index (χ1v) is 12.0. The second-order valence-electron chi connectivity index (χ2n) is 9.76. The van der Waals surface area contributed by atoms with Gasteiger partial charge in [0.25, 0.3) is 0 Å². The van der Waals surface area contributed by atoms with Crippen LogP contribution in [0.15, 0.2) is 18.2 Å². The van der Waals surface area contributed by atoms with Crippen molar-refractivity contribution < 1.29 is 4.74 Å². The summed E-state index contributed by atoms with van der Waals surface area (Å²) in [6, 6.07) is 7.39. The Balaban J connectivity index is 1.32. The number of benzene rings is 1. The fraction of sp³-hybridized carbons (Fsp3) is 0.769. The van der Waals surface area contributed by atoms with Crippen LogP contribution >= 0.6 is 0 Å². The lowest BCUT2D eigenvalue weighted by Crippen LogP contribution is -2.37. The van der Waals surface area contributed by atoms with E-state index in [9.17, 15) is 0 Å². The van der Waals surface area contributed by atoms with Crippen LogP contribution < -0.4 is 0 Å². The molecule has 5 unspecified atom stereocenters. The van der Waals surface area contributed by atoms with Gasteiger partial charge in [-0.15, -0.1) is 0 Å². The van der Waals surface area contributed by atoms with E-state index in [2.05, 4.69) is 32.0 Å². The summed E-state index contributed by atoms with van der Waals surface area (Å²) in [7, 11) is 0. The highest BCUT2D eigenvalue weighted by atomic mass is 16.5. The zero-order chi connectivity index (χ0) is 18.6. The average molecular weight is 369 g/mol. The van der Waals surface area contributed by atoms with Gasteiger partial charge in [-0.3, -0.25) is 0 Å². The Kier molecular flexibility index (Phi) is 6.58. The molecular formula is C26H40O. The number of rotatable bonds is 6. The number of fused-ring (bicyclic) bond motifs is 2. The average Bonchev–Trinajstić information content (AvgIpc) is 2.71. The summed E-state index contributed by atoms with van der Waals surface area (Å²) in [4.78, 5) is 0. The van der Waals surface area contributed by atoms with Crippen LogP contribution in [0.1, 0.15) is 88.3 Å². The molecule has 0 bridgehead atoms. The molecule has 3 aliphatic carbocycles. The largest absolute Gasteiger partial charge is 0.378 e. The predicted octanol–water partition coefficient (Wildman–Crippen LogP) is 6.76. The third kappa shape index (κ3) is 4.61. The van der Waals surface area contributed by atoms with E-state index >= 15 is 0 Å². The smallest absolute Gasteiger partial charge is 0.0578 e. The van der Waals surface area contributed by atoms with E-state index in [1.165, 1.54) is 70.6 Å². The molecule has 2 saturated carbocycles. The highest BCUT2D eigenvalue weighted by Gasteiger charge is 2.38. The molecule has 0 spiro atoms. The fourth-order valence-electron chi connectivity index (χ4n) is 6.43. The Morgan fingerprint density at radius 3 is 2.41 bits per heavy atom. The third-order valence-corrected chi connectivity index (χ3v) is 7.91. The molecule has 5 atom stereocenters. The van der Waals surface area contributed by atoms with Gasteiger partial charge in [0.05, 0.1) is 6.10 Å². The Labute approximate surface area is 167 Å². The molecule has 0 radical (unpaired) electrons. The third-order valence-electron chi connectivity index (χ3n) is 7.91. The van der Waals surface area contributed by atoms with Gasteiger partial charge in [-0.2, -0.15) is 0 Å². The van der Waals surface area contributed by atoms with Crippen molar-refractivity contribution in [1.82, 2.24) is 0 Å². The second kappa shape index (κ2) is 9.12. The first kappa shape index (κ1) is 19.5. The quantitative estimate of drug-likeness (QED) is 0.539. The zero-order valence-electron chi connectivity index (χ0n) is 17.7. The highest BCUT2D eigenvalue weighted by molar-refractivity contribution is 5.34. The molecule has 2 fully saturated rings. The van der Waals surface area contributed by atoms with Crippen LogP contribution in [0.5, 0.6) is 0 Å². The van der Waals surface area contributed by atoms with Gasteiger partial charge in [0.1, 0.15) is 0 Å². The number of aryl methyl sites for hydroxylation is 2. The van der Waals surface area contributed by atoms with Crippen molar-refractivity contribution in [3.8, 4) is 0 Å². The van der Waals surface area contributed by atoms with E-state index in [-0.39, 0.29) is 0 Å². The van der Waals surface area contributed by atoms with Gasteiger partial charge in [-0.25, -0.2) is 0 Å². The molecule has 0 aliphatic heterocycles. The number of ether oxygens (including phenoxy) is 1. The summed E-state index contributed by atoms with van der Waals surface area (Å²) in [5, 5.41) is 0. The molecule has 1 aromatic carbocycles. The van der Waals surface area contributed by atoms with Crippen molar-refractivity contribution in [3.05, 3.63) is 34.9 Å². The van der Waals surface area contributed by atoms with Crippen LogP contribution in [-0.2, 0) is 24.0 Å². The molecule has 1 heteroatoms. The van der Waals surface area contributed by atoms with Gasteiger partial charge in [0.2, 0.25) is 0 Å². The molecule has 0 N–H and O–H groups in total. The molecule has 0 heterocycles. The predicted molar refractivity (Wildman–Crippen MR) is 114 cm³/mol. The minimum atomic E-state index is 0.571. The summed E-state index contributed by atoms with van der Waals surface area (Å²) in [6.45, 7) is 5.48. The second-order valence-corrected chi connectivity index (χ2v) is 9.76. The molecule has 150 valence electrons. The van der Waals surface area contributed by atoms with E-state index in [4.69, 9.17) is 4.74 Å². The van der Waals surface area contributed by atoms with Crippen molar-refractivity contribution in [2.24, 2.45) is 23.7 Å². The maximum atomic E-state index is 6.09. The molecule has 27 heavy (non-hydrogen) atoms. The van der Waals surface area contributed by atoms with Crippen LogP contribution in [0, 0.1) is 23.7 Å². The minimum absolute atomic E-state index is 0.571. The van der Waals surface area contributed by atoms with Crippen LogP contribution in [-0.4, -0.2) is 12.7 Å². The van der Waals surface area contributed by atoms with Crippen LogP contribution in [0.4, 0.5) is 0 Å². The molecule has 0 aromatic heterocycles. The van der Waals surface area contributed by atoms with Crippen LogP contribution in [0.3, 0.4) is 0 Å². The first-order chi connectivity index (χ1) is 13.3. The highest BCUT2D eigenvalue weighted by Crippen LogP contribution is 2.47. The normalized spacial score (nSPS) is 33.3. The minimum Gasteiger partial charge on any atom is -0.378 e. The van der Waals surface area contributed by atoms with Gasteiger partial charge < -0.3 is 4.74 Å². The summed E-state index contributed by atoms with van der Waals surface area (Å²) < 4.78 is 6.09. The van der Waals surface area contributed by atoms with Gasteiger partial charge in [-0.1, -0.05) is 38.5 Å². The monoisotopic (exact) mass is 368 g/mol. The topological polar surface area (TPSA) is 9.23 Å². The zero-order valence-corrected chi connectivity index (χ0v) is 17.7. The molecule has 4 rings (SSSR count). The van der Waals surface area contributed by atoms with Gasteiger partial charge >= 0.3 is 0 Å². The molecular weight excluding hydrogens is 328 g/mol. The van der Waals surface area contributed by atoms with Gasteiger partial charge in [0, 0.05) is 6.61 Å². The summed E-state index contributed by atoms with van der Waals surface area (Å²) in [5.41, 5.74) is 4.89. The Morgan fingerprint density at radius 2 is 1.59 bits per heavy atom. The molecule has 0 saturated heterocycles. The first-order valence-electron chi connectivity index (χ1n) is 12.0. The number of hydrogen-bond acceptors (Lipinski definition) is 1. The van der Waals surface area contributed by atoms with Crippen molar-refractivity contribution in [3.63, 3.8) is 0 Å². The fourth-order valence-corrected chi connectivity index (χ4v) is 6.43. The van der Waals surface area contributed by atoms with Crippen LogP contribution in [0.2, 0.25) is 0 Å². The van der Waals surface area contributed by atoms with Crippen LogP contribution in [0.25, 0.3) is 0 Å². The van der Waals surface area contributed by atoms with Crippen molar-refractivity contribution in [1.29, 1.82) is 0 Å². The van der Waals surface area contributed by atoms with Crippen molar-refractivity contribution in [2.45, 2.75) is 97.0 Å². The number of hydrogen-bond donors (Lipinski definition) is 0. The van der Waals surface area contributed by atoms with E-state index in [1.54, 1.807) is 16.7 Å². The lowest BCUT2D eigenvalue weighted by molar-refractivity contribution is -0.0236. The van der Waals surface area contributed by atoms with Gasteiger partial charge in [0.15, 0.2) is 0 Å². The van der Waals surface area contributed by atoms with Gasteiger partial charge in [-0.05, 0) is 111 Å². The summed E-state index contributed by atoms with van der Waals surface area (Å²) in [6.07, 6.45) is 16.9. The van der Waals surface area contributed by atoms with E-state index < -0.39 is 0 Å². The van der Waals surface area contributed by atoms with Crippen molar-refractivity contribution in [2.75, 3.05) is 6.61 Å². The Bertz CT molecular complexity index is 606. The summed E-state index contributed by atoms with van der Waals surface area (Å²) >= 11 is 0. The maximum absolute atomic E-state index is 6.09. The van der Waals surface area contributed by atoms with E-state index in [0.29, 0.717) is 6.10 Å². The SMILES string of the molecule is CCCOC1CCC2CC(C3CCc4cc(CCC)ccc4C3)CCC2C1. The van der Waals surface area contributed by atoms with Crippen molar-refractivity contribution >= 4 is 0 Å². The molecule has 1 aromatic rings. The standard InChI is InChI=1S/C26H40O/c1-3-5-19-6-7-21-16-22(9-8-20(21)15-19)23-10-11-25-18-26(27-14-4-2)13-12-24(25)17-23/h6-7,15,22-26H,3-5,8-14,16-18H2,1-2H3.